The summed E-state index contributed by atoms with van der Waals surface area (Å²) in [4.78, 5) is 10.4. The second-order valence-corrected chi connectivity index (χ2v) is 22.9. The molecule has 8 heteroatoms. The Balaban J connectivity index is 4.60. The number of ether oxygens (including phenoxy) is 2. The van der Waals surface area contributed by atoms with Crippen LogP contribution in [0.3, 0.4) is 0 Å². The van der Waals surface area contributed by atoms with Crippen LogP contribution in [-0.2, 0) is 23.1 Å². The molecule has 58 heavy (non-hydrogen) atoms. The smallest absolute Gasteiger partial charge is 0.379 e. The van der Waals surface area contributed by atoms with Gasteiger partial charge in [-0.1, -0.05) is 185 Å². The molecule has 7 nitrogen and oxygen atoms in total. The van der Waals surface area contributed by atoms with Crippen molar-refractivity contribution in [2.75, 3.05) is 60.7 Å². The molecule has 0 aliphatic rings. The van der Waals surface area contributed by atoms with Crippen LogP contribution in [0.25, 0.3) is 0 Å². The summed E-state index contributed by atoms with van der Waals surface area (Å²) in [5.74, 6) is 6.15. The minimum absolute atomic E-state index is 0.0148. The van der Waals surface area contributed by atoms with E-state index in [1.807, 2.05) is 0 Å². The molecule has 0 spiro atoms. The summed E-state index contributed by atoms with van der Waals surface area (Å²) in [5, 5.41) is 0. The van der Waals surface area contributed by atoms with E-state index in [1.165, 1.54) is 116 Å². The molecule has 0 fully saturated rings. The molecule has 0 aromatic rings. The van der Waals surface area contributed by atoms with Crippen molar-refractivity contribution in [3.63, 3.8) is 0 Å². The fourth-order valence-corrected chi connectivity index (χ4v) is 8.83. The third-order valence-electron chi connectivity index (χ3n) is 12.5. The van der Waals surface area contributed by atoms with Crippen molar-refractivity contribution in [2.24, 2.45) is 47.3 Å². The lowest BCUT2D eigenvalue weighted by molar-refractivity contribution is -0.870. The molecule has 0 saturated carbocycles. The zero-order valence-corrected chi connectivity index (χ0v) is 42.3. The first-order chi connectivity index (χ1) is 27.3. The molecule has 0 aromatic heterocycles. The zero-order chi connectivity index (χ0) is 43.8. The number of phosphoric ester groups is 1. The van der Waals surface area contributed by atoms with Crippen LogP contribution < -0.4 is 0 Å². The van der Waals surface area contributed by atoms with Crippen molar-refractivity contribution < 1.29 is 32.5 Å². The molecule has 0 heterocycles. The number of phosphoric acid groups is 1. The number of hydrogen-bond acceptors (Lipinski definition) is 5. The van der Waals surface area contributed by atoms with E-state index in [0.717, 1.165) is 72.2 Å². The molecule has 350 valence electrons. The summed E-state index contributed by atoms with van der Waals surface area (Å²) in [7, 11) is 2.27. The number of rotatable bonds is 42. The Morgan fingerprint density at radius 2 is 0.793 bits per heavy atom. The van der Waals surface area contributed by atoms with Crippen LogP contribution >= 0.6 is 7.82 Å². The minimum atomic E-state index is -4.16. The summed E-state index contributed by atoms with van der Waals surface area (Å²) in [5.41, 5.74) is 0. The predicted octanol–water partition coefficient (Wildman–Crippen LogP) is 14.9. The van der Waals surface area contributed by atoms with Crippen molar-refractivity contribution in [1.29, 1.82) is 0 Å². The molecule has 0 saturated heterocycles. The molecule has 0 radical (unpaired) electrons. The van der Waals surface area contributed by atoms with Gasteiger partial charge in [0.25, 0.3) is 0 Å². The summed E-state index contributed by atoms with van der Waals surface area (Å²) in [6.45, 7) is 26.5. The Bertz CT molecular complexity index is 957. The zero-order valence-electron chi connectivity index (χ0n) is 41.4. The van der Waals surface area contributed by atoms with Crippen LogP contribution in [0.4, 0.5) is 0 Å². The average Bonchev–Trinajstić information content (AvgIpc) is 3.11. The maximum atomic E-state index is 12.7. The molecule has 0 aliphatic heterocycles. The molecular formula is C50H105NO6P+. The van der Waals surface area contributed by atoms with Gasteiger partial charge in [-0.15, -0.1) is 0 Å². The lowest BCUT2D eigenvalue weighted by Gasteiger charge is -2.24. The van der Waals surface area contributed by atoms with Gasteiger partial charge in [-0.25, -0.2) is 4.57 Å². The maximum absolute atomic E-state index is 12.7. The van der Waals surface area contributed by atoms with E-state index in [9.17, 15) is 9.46 Å². The number of hydrogen-bond donors (Lipinski definition) is 1. The van der Waals surface area contributed by atoms with Crippen LogP contribution in [0.2, 0.25) is 0 Å². The van der Waals surface area contributed by atoms with Crippen LogP contribution in [0.1, 0.15) is 210 Å². The van der Waals surface area contributed by atoms with E-state index in [4.69, 9.17) is 18.5 Å². The SMILES string of the molecule is CC(C)CCC[C@@H](C)CCCC(C)CCCC(C)CCOCC(COP(=O)(O)OCCCC[N+](C)(C)C)OCCC(C)CCCC(C)CCC[C@H](C)CCCC(C)C. The molecular weight excluding hydrogens is 742 g/mol. The predicted molar refractivity (Wildman–Crippen MR) is 251 cm³/mol. The summed E-state index contributed by atoms with van der Waals surface area (Å²) in [6.07, 6.45) is 27.2. The van der Waals surface area contributed by atoms with Crippen molar-refractivity contribution >= 4 is 7.82 Å². The Hall–Kier alpha value is -0.0100. The highest BCUT2D eigenvalue weighted by molar-refractivity contribution is 7.47. The quantitative estimate of drug-likeness (QED) is 0.0375. The van der Waals surface area contributed by atoms with E-state index in [2.05, 4.69) is 90.4 Å². The van der Waals surface area contributed by atoms with Gasteiger partial charge in [0.15, 0.2) is 0 Å². The van der Waals surface area contributed by atoms with E-state index in [1.54, 1.807) is 0 Å². The van der Waals surface area contributed by atoms with Crippen molar-refractivity contribution in [3.05, 3.63) is 0 Å². The van der Waals surface area contributed by atoms with Gasteiger partial charge in [-0.3, -0.25) is 9.05 Å². The highest BCUT2D eigenvalue weighted by atomic mass is 31.2. The van der Waals surface area contributed by atoms with Crippen molar-refractivity contribution in [2.45, 2.75) is 217 Å². The third-order valence-corrected chi connectivity index (χ3v) is 13.4. The minimum Gasteiger partial charge on any atom is -0.379 e. The van der Waals surface area contributed by atoms with Gasteiger partial charge < -0.3 is 18.9 Å². The first kappa shape index (κ1) is 58.0. The highest BCUT2D eigenvalue weighted by Gasteiger charge is 2.24. The Kier molecular flexibility index (Phi) is 35.4. The molecule has 1 N–H and O–H groups in total. The number of quaternary nitrogens is 1. The number of unbranched alkanes of at least 4 members (excludes halogenated alkanes) is 1. The fourth-order valence-electron chi connectivity index (χ4n) is 8.04. The normalized spacial score (nSPS) is 17.3. The monoisotopic (exact) mass is 847 g/mol. The van der Waals surface area contributed by atoms with E-state index >= 15 is 0 Å². The van der Waals surface area contributed by atoms with Crippen LogP contribution in [-0.4, -0.2) is 76.2 Å². The first-order valence-corrected chi connectivity index (χ1v) is 26.4. The molecule has 0 aromatic carbocycles. The van der Waals surface area contributed by atoms with Crippen LogP contribution in [0, 0.1) is 47.3 Å². The average molecular weight is 847 g/mol. The molecule has 8 atom stereocenters. The van der Waals surface area contributed by atoms with Gasteiger partial charge in [-0.05, 0) is 73.0 Å². The van der Waals surface area contributed by atoms with E-state index in [-0.39, 0.29) is 13.2 Å². The van der Waals surface area contributed by atoms with Gasteiger partial charge in [-0.2, -0.15) is 0 Å². The Labute approximate surface area is 363 Å². The Morgan fingerprint density at radius 1 is 0.431 bits per heavy atom. The molecule has 0 bridgehead atoms. The molecule has 0 aliphatic carbocycles. The van der Waals surface area contributed by atoms with Gasteiger partial charge in [0.05, 0.1) is 47.5 Å². The van der Waals surface area contributed by atoms with Gasteiger partial charge in [0.1, 0.15) is 6.10 Å². The van der Waals surface area contributed by atoms with E-state index in [0.29, 0.717) is 31.7 Å². The van der Waals surface area contributed by atoms with Crippen molar-refractivity contribution in [1.82, 2.24) is 0 Å². The molecule has 0 rings (SSSR count). The second-order valence-electron chi connectivity index (χ2n) is 21.5. The topological polar surface area (TPSA) is 74.2 Å². The fraction of sp³-hybridized carbons (Fsp3) is 1.00. The number of nitrogens with zero attached hydrogens (tertiary/aromatic N) is 1. The molecule has 0 amide bonds. The van der Waals surface area contributed by atoms with E-state index < -0.39 is 13.9 Å². The van der Waals surface area contributed by atoms with Crippen LogP contribution in [0.15, 0.2) is 0 Å². The maximum Gasteiger partial charge on any atom is 0.472 e. The summed E-state index contributed by atoms with van der Waals surface area (Å²) >= 11 is 0. The summed E-state index contributed by atoms with van der Waals surface area (Å²) in [6, 6.07) is 0. The van der Waals surface area contributed by atoms with Crippen LogP contribution in [0.5, 0.6) is 0 Å². The first-order valence-electron chi connectivity index (χ1n) is 24.9. The van der Waals surface area contributed by atoms with Gasteiger partial charge in [0.2, 0.25) is 0 Å². The largest absolute Gasteiger partial charge is 0.472 e. The molecule has 6 unspecified atom stereocenters. The lowest BCUT2D eigenvalue weighted by Crippen LogP contribution is -2.35. The Morgan fingerprint density at radius 3 is 1.17 bits per heavy atom. The third kappa shape index (κ3) is 40.1. The van der Waals surface area contributed by atoms with Gasteiger partial charge >= 0.3 is 7.82 Å². The lowest BCUT2D eigenvalue weighted by atomic mass is 9.91. The summed E-state index contributed by atoms with van der Waals surface area (Å²) < 4.78 is 36.7. The second kappa shape index (κ2) is 35.5. The standard InChI is InChI=1S/C50H104NO6P/c1-42(2)22-16-24-44(5)26-18-28-46(7)30-20-32-48(9)34-38-54-40-50(41-57-58(52,53)56-37-15-14-36-51(11,12)13)55-39-35-49(10)33-21-31-47(8)29-19-27-45(6)25-17-23-43(3)4/h42-50H,14-41H2,1-13H3/p+1/t44-,45-,46?,47?,48?,49?,50?/m1/s1. The highest BCUT2D eigenvalue weighted by Crippen LogP contribution is 2.43. The van der Waals surface area contributed by atoms with Crippen molar-refractivity contribution in [3.8, 4) is 0 Å². The van der Waals surface area contributed by atoms with Gasteiger partial charge in [0, 0.05) is 13.2 Å².